The summed E-state index contributed by atoms with van der Waals surface area (Å²) in [6.07, 6.45) is 1.64. The van der Waals surface area contributed by atoms with Crippen molar-refractivity contribution in [1.29, 1.82) is 0 Å². The summed E-state index contributed by atoms with van der Waals surface area (Å²) in [6.45, 7) is 6.49. The minimum atomic E-state index is -0.788. The number of methoxy groups -OCH3 is 1. The van der Waals surface area contributed by atoms with Crippen LogP contribution in [0.3, 0.4) is 0 Å². The second-order valence-electron chi connectivity index (χ2n) is 7.21. The highest BCUT2D eigenvalue weighted by Crippen LogP contribution is 2.36. The smallest absolute Gasteiger partial charge is 0.303 e. The van der Waals surface area contributed by atoms with Gasteiger partial charge in [-0.05, 0) is 55.0 Å². The first kappa shape index (κ1) is 21.8. The molecule has 0 saturated heterocycles. The molecule has 1 heterocycles. The normalized spacial score (nSPS) is 10.8. The Morgan fingerprint density at radius 1 is 1.10 bits per heavy atom. The number of aryl methyl sites for hydroxylation is 2. The summed E-state index contributed by atoms with van der Waals surface area (Å²) in [5, 5.41) is 9.68. The Balaban J connectivity index is 1.82. The van der Waals surface area contributed by atoms with Gasteiger partial charge in [0.2, 0.25) is 0 Å². The van der Waals surface area contributed by atoms with Crippen molar-refractivity contribution < 1.29 is 19.4 Å². The predicted octanol–water partition coefficient (Wildman–Crippen LogP) is 5.59. The molecule has 3 rings (SSSR count). The fourth-order valence-electron chi connectivity index (χ4n) is 3.38. The van der Waals surface area contributed by atoms with Crippen molar-refractivity contribution in [2.45, 2.75) is 46.6 Å². The van der Waals surface area contributed by atoms with E-state index >= 15 is 0 Å². The van der Waals surface area contributed by atoms with E-state index in [1.807, 2.05) is 26.0 Å². The number of rotatable bonds is 9. The second-order valence-corrected chi connectivity index (χ2v) is 7.94. The molecule has 0 saturated carbocycles. The summed E-state index contributed by atoms with van der Waals surface area (Å²) in [5.41, 5.74) is 7.27. The molecular formula is C24H27NO4S. The molecule has 2 aromatic carbocycles. The molecule has 0 aliphatic rings. The molecule has 3 aromatic rings. The lowest BCUT2D eigenvalue weighted by atomic mass is 9.99. The van der Waals surface area contributed by atoms with E-state index in [1.54, 1.807) is 7.11 Å². The van der Waals surface area contributed by atoms with Crippen molar-refractivity contribution in [2.24, 2.45) is 0 Å². The van der Waals surface area contributed by atoms with Crippen molar-refractivity contribution in [3.8, 4) is 22.1 Å². The summed E-state index contributed by atoms with van der Waals surface area (Å²) in [5.74, 6) is -0.00367. The van der Waals surface area contributed by atoms with Gasteiger partial charge in [0.15, 0.2) is 5.06 Å². The van der Waals surface area contributed by atoms with Crippen LogP contribution in [0.1, 0.15) is 41.2 Å². The quantitative estimate of drug-likeness (QED) is 0.484. The number of hydrogen-bond acceptors (Lipinski definition) is 5. The van der Waals surface area contributed by atoms with Crippen molar-refractivity contribution >= 4 is 17.5 Å². The van der Waals surface area contributed by atoms with Crippen molar-refractivity contribution in [2.75, 3.05) is 7.11 Å². The number of carboxylic acid groups (broad SMARTS) is 1. The molecule has 0 bridgehead atoms. The second kappa shape index (κ2) is 9.76. The zero-order valence-electron chi connectivity index (χ0n) is 17.8. The van der Waals surface area contributed by atoms with Gasteiger partial charge in [-0.1, -0.05) is 37.3 Å². The zero-order chi connectivity index (χ0) is 21.7. The molecule has 5 nitrogen and oxygen atoms in total. The van der Waals surface area contributed by atoms with Crippen LogP contribution < -0.4 is 9.47 Å². The van der Waals surface area contributed by atoms with Crippen LogP contribution in [-0.2, 0) is 24.2 Å². The van der Waals surface area contributed by atoms with Crippen molar-refractivity contribution in [1.82, 2.24) is 4.37 Å². The number of carboxylic acids is 1. The summed E-state index contributed by atoms with van der Waals surface area (Å²) >= 11 is 1.33. The van der Waals surface area contributed by atoms with E-state index in [-0.39, 0.29) is 6.42 Å². The number of hydrogen-bond donors (Lipinski definition) is 1. The Hall–Kier alpha value is -2.86. The van der Waals surface area contributed by atoms with Gasteiger partial charge >= 0.3 is 5.97 Å². The van der Waals surface area contributed by atoms with E-state index < -0.39 is 5.97 Å². The van der Waals surface area contributed by atoms with Crippen molar-refractivity contribution in [3.63, 3.8) is 0 Å². The van der Waals surface area contributed by atoms with Crippen LogP contribution in [0, 0.1) is 13.8 Å². The molecule has 0 aliphatic heterocycles. The first-order valence-corrected chi connectivity index (χ1v) is 10.8. The van der Waals surface area contributed by atoms with Gasteiger partial charge in [-0.15, -0.1) is 0 Å². The van der Waals surface area contributed by atoms with Crippen LogP contribution in [0.4, 0.5) is 0 Å². The first-order valence-electron chi connectivity index (χ1n) is 10.00. The Kier molecular flexibility index (Phi) is 7.11. The Morgan fingerprint density at radius 3 is 2.47 bits per heavy atom. The lowest BCUT2D eigenvalue weighted by molar-refractivity contribution is -0.136. The predicted molar refractivity (Wildman–Crippen MR) is 120 cm³/mol. The maximum absolute atomic E-state index is 10.9. The van der Waals surface area contributed by atoms with Gasteiger partial charge in [0, 0.05) is 23.5 Å². The van der Waals surface area contributed by atoms with E-state index in [4.69, 9.17) is 14.6 Å². The molecule has 0 amide bonds. The minimum Gasteiger partial charge on any atom is -0.488 e. The van der Waals surface area contributed by atoms with Crippen LogP contribution in [-0.4, -0.2) is 22.6 Å². The van der Waals surface area contributed by atoms with E-state index in [9.17, 15) is 4.79 Å². The first-order chi connectivity index (χ1) is 14.4. The lowest BCUT2D eigenvalue weighted by Gasteiger charge is -2.15. The average molecular weight is 426 g/mol. The summed E-state index contributed by atoms with van der Waals surface area (Å²) in [4.78, 5) is 10.9. The fourth-order valence-corrected chi connectivity index (χ4v) is 4.11. The number of carbonyl (C=O) groups is 1. The molecule has 1 aromatic heterocycles. The molecule has 0 atom stereocenters. The third-order valence-corrected chi connectivity index (χ3v) is 6.26. The van der Waals surface area contributed by atoms with Crippen molar-refractivity contribution in [3.05, 3.63) is 64.2 Å². The van der Waals surface area contributed by atoms with Crippen LogP contribution in [0.25, 0.3) is 11.3 Å². The number of aliphatic carboxylic acids is 1. The number of aromatic nitrogens is 1. The maximum Gasteiger partial charge on any atom is 0.303 e. The maximum atomic E-state index is 10.9. The van der Waals surface area contributed by atoms with Gasteiger partial charge in [0.1, 0.15) is 12.4 Å². The monoisotopic (exact) mass is 425 g/mol. The van der Waals surface area contributed by atoms with E-state index in [2.05, 4.69) is 35.6 Å². The fraction of sp³-hybridized carbons (Fsp3) is 0.333. The molecule has 0 fully saturated rings. The number of nitrogens with zero attached hydrogens (tertiary/aromatic N) is 1. The summed E-state index contributed by atoms with van der Waals surface area (Å²) in [7, 11) is 1.65. The molecule has 0 spiro atoms. The third-order valence-electron chi connectivity index (χ3n) is 5.40. The van der Waals surface area contributed by atoms with E-state index in [0.717, 1.165) is 50.7 Å². The summed E-state index contributed by atoms with van der Waals surface area (Å²) in [6, 6.07) is 12.3. The van der Waals surface area contributed by atoms with Gasteiger partial charge in [0.25, 0.3) is 0 Å². The highest BCUT2D eigenvalue weighted by Gasteiger charge is 2.18. The third kappa shape index (κ3) is 4.82. The molecular weight excluding hydrogens is 398 g/mol. The van der Waals surface area contributed by atoms with Gasteiger partial charge < -0.3 is 14.6 Å². The SMILES string of the molecule is CCc1ccc(-c2nsc(OC)c2COc2ccc(CCC(=O)O)c(C)c2C)cc1. The Morgan fingerprint density at radius 2 is 1.83 bits per heavy atom. The van der Waals surface area contributed by atoms with Crippen LogP contribution in [0.5, 0.6) is 10.8 Å². The molecule has 30 heavy (non-hydrogen) atoms. The van der Waals surface area contributed by atoms with Crippen LogP contribution >= 0.6 is 11.5 Å². The van der Waals surface area contributed by atoms with E-state index in [1.165, 1.54) is 17.1 Å². The zero-order valence-corrected chi connectivity index (χ0v) is 18.6. The van der Waals surface area contributed by atoms with Crippen LogP contribution in [0.15, 0.2) is 36.4 Å². The number of ether oxygens (including phenoxy) is 2. The van der Waals surface area contributed by atoms with Gasteiger partial charge in [-0.2, -0.15) is 4.37 Å². The molecule has 0 unspecified atom stereocenters. The largest absolute Gasteiger partial charge is 0.488 e. The van der Waals surface area contributed by atoms with Gasteiger partial charge in [-0.25, -0.2) is 0 Å². The van der Waals surface area contributed by atoms with Gasteiger partial charge in [-0.3, -0.25) is 4.79 Å². The Bertz CT molecular complexity index is 1020. The van der Waals surface area contributed by atoms with Gasteiger partial charge in [0.05, 0.1) is 18.4 Å². The standard InChI is InChI=1S/C24H27NO4S/c1-5-17-6-8-19(9-7-17)23-20(24(28-4)30-25-23)14-29-21-12-10-18(11-13-22(26)27)15(2)16(21)3/h6-10,12H,5,11,13-14H2,1-4H3,(H,26,27). The highest BCUT2D eigenvalue weighted by atomic mass is 32.1. The van der Waals surface area contributed by atoms with Crippen LogP contribution in [0.2, 0.25) is 0 Å². The summed E-state index contributed by atoms with van der Waals surface area (Å²) < 4.78 is 16.3. The average Bonchev–Trinajstić information content (AvgIpc) is 3.17. The molecule has 6 heteroatoms. The van der Waals surface area contributed by atoms with E-state index in [0.29, 0.717) is 13.0 Å². The topological polar surface area (TPSA) is 68.7 Å². The Labute approximate surface area is 181 Å². The molecule has 1 N–H and O–H groups in total. The molecule has 0 radical (unpaired) electrons. The molecule has 0 aliphatic carbocycles. The minimum absolute atomic E-state index is 0.123. The number of benzene rings is 2. The highest BCUT2D eigenvalue weighted by molar-refractivity contribution is 7.08. The molecule has 158 valence electrons. The lowest BCUT2D eigenvalue weighted by Crippen LogP contribution is -2.03.